The lowest BCUT2D eigenvalue weighted by Crippen LogP contribution is -2.25. The largest absolute Gasteiger partial charge is 0.329 e. The molecule has 0 aliphatic heterocycles. The van der Waals surface area contributed by atoms with Gasteiger partial charge in [0, 0.05) is 12.6 Å². The Labute approximate surface area is 97.3 Å². The van der Waals surface area contributed by atoms with E-state index in [-0.39, 0.29) is 5.56 Å². The van der Waals surface area contributed by atoms with Crippen molar-refractivity contribution in [2.75, 3.05) is 6.54 Å². The highest BCUT2D eigenvalue weighted by molar-refractivity contribution is 7.13. The lowest BCUT2D eigenvalue weighted by atomic mass is 10.3. The van der Waals surface area contributed by atoms with E-state index >= 15 is 0 Å². The first-order chi connectivity index (χ1) is 7.70. The molecule has 2 rings (SSSR count). The Morgan fingerprint density at radius 3 is 2.94 bits per heavy atom. The van der Waals surface area contributed by atoms with Crippen molar-refractivity contribution in [1.82, 2.24) is 9.78 Å². The molecule has 0 aromatic carbocycles. The maximum atomic E-state index is 11.4. The zero-order valence-electron chi connectivity index (χ0n) is 9.01. The van der Waals surface area contributed by atoms with Crippen LogP contribution in [0.5, 0.6) is 0 Å². The number of hydrogen-bond acceptors (Lipinski definition) is 4. The van der Waals surface area contributed by atoms with Crippen molar-refractivity contribution in [3.8, 4) is 10.6 Å². The Kier molecular flexibility index (Phi) is 3.17. The second-order valence-electron chi connectivity index (χ2n) is 3.56. The Hall–Kier alpha value is -1.46. The van der Waals surface area contributed by atoms with Crippen LogP contribution in [0.1, 0.15) is 5.56 Å². The monoisotopic (exact) mass is 235 g/mol. The number of thiophene rings is 1. The molecule has 0 aliphatic carbocycles. The molecule has 0 unspecified atom stereocenters. The smallest absolute Gasteiger partial charge is 0.266 e. The molecule has 0 aliphatic rings. The molecule has 16 heavy (non-hydrogen) atoms. The van der Waals surface area contributed by atoms with E-state index in [0.717, 1.165) is 10.6 Å². The summed E-state index contributed by atoms with van der Waals surface area (Å²) < 4.78 is 1.41. The third kappa shape index (κ3) is 2.20. The molecule has 0 spiro atoms. The van der Waals surface area contributed by atoms with Crippen molar-refractivity contribution < 1.29 is 0 Å². The molecule has 0 saturated carbocycles. The molecular formula is C11H13N3OS. The maximum Gasteiger partial charge on any atom is 0.266 e. The standard InChI is InChI=1S/C11H13N3OS/c1-8-6-10(16-7-8)9-2-3-11(15)14(13-9)5-4-12/h2-3,6-7H,4-5,12H2,1H3. The van der Waals surface area contributed by atoms with E-state index < -0.39 is 0 Å². The van der Waals surface area contributed by atoms with Gasteiger partial charge in [-0.05, 0) is 30.0 Å². The normalized spacial score (nSPS) is 10.6. The van der Waals surface area contributed by atoms with E-state index in [0.29, 0.717) is 13.1 Å². The average molecular weight is 235 g/mol. The summed E-state index contributed by atoms with van der Waals surface area (Å²) in [4.78, 5) is 12.5. The predicted molar refractivity (Wildman–Crippen MR) is 65.6 cm³/mol. The molecule has 2 aromatic rings. The van der Waals surface area contributed by atoms with Crippen LogP contribution in [0.4, 0.5) is 0 Å². The lowest BCUT2D eigenvalue weighted by Gasteiger charge is -2.03. The lowest BCUT2D eigenvalue weighted by molar-refractivity contribution is 0.590. The zero-order valence-corrected chi connectivity index (χ0v) is 9.83. The average Bonchev–Trinajstić information content (AvgIpc) is 2.69. The van der Waals surface area contributed by atoms with Gasteiger partial charge in [-0.1, -0.05) is 0 Å². The molecule has 0 saturated heterocycles. The summed E-state index contributed by atoms with van der Waals surface area (Å²) in [5.41, 5.74) is 7.35. The molecular weight excluding hydrogens is 222 g/mol. The Balaban J connectivity index is 2.43. The van der Waals surface area contributed by atoms with Gasteiger partial charge in [-0.3, -0.25) is 4.79 Å². The number of aromatic nitrogens is 2. The third-order valence-electron chi connectivity index (χ3n) is 2.19. The van der Waals surface area contributed by atoms with Crippen LogP contribution in [-0.4, -0.2) is 16.3 Å². The van der Waals surface area contributed by atoms with Crippen LogP contribution in [-0.2, 0) is 6.54 Å². The summed E-state index contributed by atoms with van der Waals surface area (Å²) in [6, 6.07) is 5.35. The fourth-order valence-corrected chi connectivity index (χ4v) is 2.29. The molecule has 0 atom stereocenters. The van der Waals surface area contributed by atoms with Crippen LogP contribution in [0.25, 0.3) is 10.6 Å². The quantitative estimate of drug-likeness (QED) is 0.870. The fraction of sp³-hybridized carbons (Fsp3) is 0.273. The highest BCUT2D eigenvalue weighted by atomic mass is 32.1. The van der Waals surface area contributed by atoms with Crippen molar-refractivity contribution in [2.24, 2.45) is 5.73 Å². The molecule has 0 bridgehead atoms. The number of hydrogen-bond donors (Lipinski definition) is 1. The minimum Gasteiger partial charge on any atom is -0.329 e. The van der Waals surface area contributed by atoms with Gasteiger partial charge in [0.05, 0.1) is 11.4 Å². The first-order valence-electron chi connectivity index (χ1n) is 5.04. The predicted octanol–water partition coefficient (Wildman–Crippen LogP) is 1.24. The number of nitrogens with zero attached hydrogens (tertiary/aromatic N) is 2. The molecule has 0 fully saturated rings. The maximum absolute atomic E-state index is 11.4. The van der Waals surface area contributed by atoms with E-state index in [2.05, 4.69) is 16.5 Å². The summed E-state index contributed by atoms with van der Waals surface area (Å²) in [6.07, 6.45) is 0. The highest BCUT2D eigenvalue weighted by Gasteiger charge is 2.04. The van der Waals surface area contributed by atoms with Crippen molar-refractivity contribution >= 4 is 11.3 Å². The van der Waals surface area contributed by atoms with Crippen LogP contribution in [0, 0.1) is 6.92 Å². The first-order valence-corrected chi connectivity index (χ1v) is 5.92. The van der Waals surface area contributed by atoms with Gasteiger partial charge in [0.15, 0.2) is 0 Å². The van der Waals surface area contributed by atoms with E-state index in [4.69, 9.17) is 5.73 Å². The van der Waals surface area contributed by atoms with Gasteiger partial charge in [-0.2, -0.15) is 5.10 Å². The van der Waals surface area contributed by atoms with Crippen molar-refractivity contribution in [2.45, 2.75) is 13.5 Å². The Morgan fingerprint density at radius 2 is 2.31 bits per heavy atom. The van der Waals surface area contributed by atoms with E-state index in [9.17, 15) is 4.79 Å². The van der Waals surface area contributed by atoms with Crippen LogP contribution < -0.4 is 11.3 Å². The van der Waals surface area contributed by atoms with Crippen LogP contribution in [0.15, 0.2) is 28.4 Å². The SMILES string of the molecule is Cc1csc(-c2ccc(=O)n(CCN)n2)c1. The molecule has 2 N–H and O–H groups in total. The van der Waals surface area contributed by atoms with E-state index in [1.54, 1.807) is 17.4 Å². The highest BCUT2D eigenvalue weighted by Crippen LogP contribution is 2.23. The number of aryl methyl sites for hydroxylation is 1. The van der Waals surface area contributed by atoms with Gasteiger partial charge in [0.25, 0.3) is 5.56 Å². The van der Waals surface area contributed by atoms with Crippen molar-refractivity contribution in [3.05, 3.63) is 39.5 Å². The Bertz CT molecular complexity index is 544. The minimum absolute atomic E-state index is 0.109. The molecule has 0 radical (unpaired) electrons. The van der Waals surface area contributed by atoms with E-state index in [1.807, 2.05) is 6.92 Å². The molecule has 84 valence electrons. The number of rotatable bonds is 3. The summed E-state index contributed by atoms with van der Waals surface area (Å²) in [7, 11) is 0. The molecule has 0 amide bonds. The van der Waals surface area contributed by atoms with Gasteiger partial charge in [0.1, 0.15) is 5.69 Å². The van der Waals surface area contributed by atoms with Crippen LogP contribution in [0.3, 0.4) is 0 Å². The summed E-state index contributed by atoms with van der Waals surface area (Å²) >= 11 is 1.63. The summed E-state index contributed by atoms with van der Waals surface area (Å²) in [5.74, 6) is 0. The van der Waals surface area contributed by atoms with Crippen LogP contribution in [0.2, 0.25) is 0 Å². The summed E-state index contributed by atoms with van der Waals surface area (Å²) in [6.45, 7) is 2.91. The topological polar surface area (TPSA) is 60.9 Å². The van der Waals surface area contributed by atoms with Crippen molar-refractivity contribution in [3.63, 3.8) is 0 Å². The van der Waals surface area contributed by atoms with Gasteiger partial charge < -0.3 is 5.73 Å². The van der Waals surface area contributed by atoms with Gasteiger partial charge in [-0.15, -0.1) is 11.3 Å². The molecule has 5 heteroatoms. The van der Waals surface area contributed by atoms with Crippen molar-refractivity contribution in [1.29, 1.82) is 0 Å². The van der Waals surface area contributed by atoms with Gasteiger partial charge >= 0.3 is 0 Å². The summed E-state index contributed by atoms with van der Waals surface area (Å²) in [5, 5.41) is 6.35. The molecule has 4 nitrogen and oxygen atoms in total. The second-order valence-corrected chi connectivity index (χ2v) is 4.47. The zero-order chi connectivity index (χ0) is 11.5. The third-order valence-corrected chi connectivity index (χ3v) is 3.26. The van der Waals surface area contributed by atoms with E-state index in [1.165, 1.54) is 16.3 Å². The first kappa shape index (κ1) is 11.0. The van der Waals surface area contributed by atoms with Gasteiger partial charge in [-0.25, -0.2) is 4.68 Å². The minimum atomic E-state index is -0.109. The number of nitrogens with two attached hydrogens (primary N) is 1. The Morgan fingerprint density at radius 1 is 1.50 bits per heavy atom. The second kappa shape index (κ2) is 4.59. The molecule has 2 aromatic heterocycles. The van der Waals surface area contributed by atoms with Crippen LogP contribution >= 0.6 is 11.3 Å². The molecule has 2 heterocycles. The van der Waals surface area contributed by atoms with Gasteiger partial charge in [0.2, 0.25) is 0 Å². The fourth-order valence-electron chi connectivity index (χ4n) is 1.43.